The van der Waals surface area contributed by atoms with Crippen LogP contribution in [0.4, 0.5) is 0 Å². The van der Waals surface area contributed by atoms with E-state index in [1.165, 1.54) is 0 Å². The van der Waals surface area contributed by atoms with Gasteiger partial charge in [0.15, 0.2) is 11.5 Å². The van der Waals surface area contributed by atoms with Gasteiger partial charge in [-0.15, -0.1) is 0 Å². The van der Waals surface area contributed by atoms with Crippen molar-refractivity contribution in [1.29, 1.82) is 0 Å². The van der Waals surface area contributed by atoms with Crippen LogP contribution in [0.3, 0.4) is 0 Å². The summed E-state index contributed by atoms with van der Waals surface area (Å²) in [6, 6.07) is 11.7. The van der Waals surface area contributed by atoms with Crippen LogP contribution in [-0.2, 0) is 13.0 Å². The third kappa shape index (κ3) is 5.41. The second-order valence-corrected chi connectivity index (χ2v) is 7.29. The molecular formula is C25H26N4O4. The Balaban J connectivity index is 1.61. The zero-order valence-electron chi connectivity index (χ0n) is 18.9. The third-order valence-corrected chi connectivity index (χ3v) is 5.21. The number of aromatic nitrogens is 4. The Morgan fingerprint density at radius 3 is 2.24 bits per heavy atom. The van der Waals surface area contributed by atoms with Gasteiger partial charge >= 0.3 is 0 Å². The standard InChI is InChI=1S/C25H26N4O4/c1-30-22-12-20(16-29-10-9-26-17-29)21(19-5-7-25(32-3)28-15-19)13-23(22)33-11-8-18-4-6-24(31-2)27-14-18/h4-7,9-10,12-15,17H,8,11,16H2,1-3H3. The van der Waals surface area contributed by atoms with E-state index in [2.05, 4.69) is 15.0 Å². The van der Waals surface area contributed by atoms with Crippen molar-refractivity contribution in [2.75, 3.05) is 27.9 Å². The molecule has 3 aromatic heterocycles. The second kappa shape index (κ2) is 10.5. The van der Waals surface area contributed by atoms with E-state index in [1.807, 2.05) is 47.2 Å². The number of methoxy groups -OCH3 is 3. The lowest BCUT2D eigenvalue weighted by Crippen LogP contribution is -2.05. The molecule has 0 amide bonds. The van der Waals surface area contributed by atoms with Crippen molar-refractivity contribution in [3.05, 3.63) is 78.6 Å². The first-order valence-electron chi connectivity index (χ1n) is 10.5. The number of benzene rings is 1. The molecule has 4 aromatic rings. The summed E-state index contributed by atoms with van der Waals surface area (Å²) in [6.45, 7) is 1.11. The zero-order valence-corrected chi connectivity index (χ0v) is 18.9. The van der Waals surface area contributed by atoms with Crippen molar-refractivity contribution in [3.8, 4) is 34.4 Å². The van der Waals surface area contributed by atoms with Gasteiger partial charge in [0.05, 0.1) is 34.3 Å². The van der Waals surface area contributed by atoms with Crippen LogP contribution in [0.25, 0.3) is 11.1 Å². The van der Waals surface area contributed by atoms with Gasteiger partial charge in [0.2, 0.25) is 11.8 Å². The Labute approximate surface area is 192 Å². The lowest BCUT2D eigenvalue weighted by atomic mass is 10.00. The molecule has 0 saturated carbocycles. The molecule has 0 unspecified atom stereocenters. The van der Waals surface area contributed by atoms with Crippen molar-refractivity contribution in [1.82, 2.24) is 19.5 Å². The van der Waals surface area contributed by atoms with E-state index in [4.69, 9.17) is 18.9 Å². The number of pyridine rings is 2. The predicted molar refractivity (Wildman–Crippen MR) is 124 cm³/mol. The highest BCUT2D eigenvalue weighted by Crippen LogP contribution is 2.36. The minimum Gasteiger partial charge on any atom is -0.493 e. The van der Waals surface area contributed by atoms with Crippen molar-refractivity contribution in [2.45, 2.75) is 13.0 Å². The average molecular weight is 447 g/mol. The summed E-state index contributed by atoms with van der Waals surface area (Å²) in [5, 5.41) is 0. The molecule has 0 radical (unpaired) electrons. The van der Waals surface area contributed by atoms with Gasteiger partial charge in [-0.3, -0.25) is 0 Å². The first kappa shape index (κ1) is 22.1. The summed E-state index contributed by atoms with van der Waals surface area (Å²) < 4.78 is 24.1. The number of ether oxygens (including phenoxy) is 4. The predicted octanol–water partition coefficient (Wildman–Crippen LogP) is 4.04. The Hall–Kier alpha value is -4.07. The smallest absolute Gasteiger partial charge is 0.212 e. The van der Waals surface area contributed by atoms with Crippen molar-refractivity contribution in [3.63, 3.8) is 0 Å². The van der Waals surface area contributed by atoms with Gasteiger partial charge in [-0.1, -0.05) is 6.07 Å². The van der Waals surface area contributed by atoms with Crippen LogP contribution in [0.5, 0.6) is 23.3 Å². The van der Waals surface area contributed by atoms with Gasteiger partial charge in [-0.2, -0.15) is 0 Å². The maximum absolute atomic E-state index is 6.14. The molecule has 8 heteroatoms. The van der Waals surface area contributed by atoms with Crippen molar-refractivity contribution in [2.24, 2.45) is 0 Å². The summed E-state index contributed by atoms with van der Waals surface area (Å²) in [7, 11) is 4.85. The van der Waals surface area contributed by atoms with Gasteiger partial charge in [-0.05, 0) is 34.9 Å². The second-order valence-electron chi connectivity index (χ2n) is 7.29. The number of nitrogens with zero attached hydrogens (tertiary/aromatic N) is 4. The highest BCUT2D eigenvalue weighted by molar-refractivity contribution is 5.71. The lowest BCUT2D eigenvalue weighted by Gasteiger charge is -2.17. The summed E-state index contributed by atoms with van der Waals surface area (Å²) >= 11 is 0. The van der Waals surface area contributed by atoms with Crippen LogP contribution >= 0.6 is 0 Å². The molecule has 0 spiro atoms. The quantitative estimate of drug-likeness (QED) is 0.364. The molecule has 170 valence electrons. The highest BCUT2D eigenvalue weighted by atomic mass is 16.5. The van der Waals surface area contributed by atoms with Crippen molar-refractivity contribution >= 4 is 0 Å². The zero-order chi connectivity index (χ0) is 23.0. The maximum Gasteiger partial charge on any atom is 0.212 e. The maximum atomic E-state index is 6.14. The Morgan fingerprint density at radius 2 is 1.64 bits per heavy atom. The van der Waals surface area contributed by atoms with Crippen LogP contribution in [0.2, 0.25) is 0 Å². The summed E-state index contributed by atoms with van der Waals surface area (Å²) in [6.07, 6.45) is 9.77. The molecule has 0 aliphatic carbocycles. The molecule has 1 aromatic carbocycles. The molecule has 0 fully saturated rings. The van der Waals surface area contributed by atoms with Gasteiger partial charge in [0, 0.05) is 55.4 Å². The van der Waals surface area contributed by atoms with E-state index in [0.717, 1.165) is 22.3 Å². The Morgan fingerprint density at radius 1 is 0.848 bits per heavy atom. The van der Waals surface area contributed by atoms with E-state index in [0.29, 0.717) is 42.8 Å². The topological polar surface area (TPSA) is 80.5 Å². The molecule has 33 heavy (non-hydrogen) atoms. The molecule has 0 saturated heterocycles. The summed E-state index contributed by atoms with van der Waals surface area (Å²) in [5.41, 5.74) is 4.08. The number of imidazole rings is 1. The van der Waals surface area contributed by atoms with E-state index in [9.17, 15) is 0 Å². The van der Waals surface area contributed by atoms with Gasteiger partial charge < -0.3 is 23.5 Å². The highest BCUT2D eigenvalue weighted by Gasteiger charge is 2.15. The Kier molecular flexibility index (Phi) is 7.04. The number of hydrogen-bond acceptors (Lipinski definition) is 7. The monoisotopic (exact) mass is 446 g/mol. The van der Waals surface area contributed by atoms with Crippen LogP contribution in [-0.4, -0.2) is 47.5 Å². The SMILES string of the molecule is COc1ccc(CCOc2cc(-c3ccc(OC)nc3)c(Cn3ccnc3)cc2OC)cn1. The molecular weight excluding hydrogens is 420 g/mol. The van der Waals surface area contributed by atoms with E-state index in [1.54, 1.807) is 46.2 Å². The minimum atomic E-state index is 0.478. The molecule has 3 heterocycles. The molecule has 0 N–H and O–H groups in total. The molecule has 4 rings (SSSR count). The summed E-state index contributed by atoms with van der Waals surface area (Å²) in [4.78, 5) is 12.8. The first-order chi connectivity index (χ1) is 16.2. The molecule has 0 aliphatic heterocycles. The van der Waals surface area contributed by atoms with Crippen LogP contribution < -0.4 is 18.9 Å². The molecule has 0 aliphatic rings. The summed E-state index contributed by atoms with van der Waals surface area (Å²) in [5.74, 6) is 2.49. The van der Waals surface area contributed by atoms with E-state index < -0.39 is 0 Å². The fraction of sp³-hybridized carbons (Fsp3) is 0.240. The third-order valence-electron chi connectivity index (χ3n) is 5.21. The van der Waals surface area contributed by atoms with E-state index in [-0.39, 0.29) is 0 Å². The molecule has 0 atom stereocenters. The molecule has 8 nitrogen and oxygen atoms in total. The van der Waals surface area contributed by atoms with Crippen LogP contribution in [0.1, 0.15) is 11.1 Å². The largest absolute Gasteiger partial charge is 0.493 e. The normalized spacial score (nSPS) is 10.6. The Bertz CT molecular complexity index is 1160. The fourth-order valence-corrected chi connectivity index (χ4v) is 3.47. The average Bonchev–Trinajstić information content (AvgIpc) is 3.38. The number of rotatable bonds is 10. The van der Waals surface area contributed by atoms with Gasteiger partial charge in [0.1, 0.15) is 0 Å². The van der Waals surface area contributed by atoms with Crippen LogP contribution in [0.15, 0.2) is 67.5 Å². The lowest BCUT2D eigenvalue weighted by molar-refractivity contribution is 0.297. The van der Waals surface area contributed by atoms with Gasteiger partial charge in [0.25, 0.3) is 0 Å². The van der Waals surface area contributed by atoms with Crippen LogP contribution in [0, 0.1) is 0 Å². The molecule has 0 bridgehead atoms. The fourth-order valence-electron chi connectivity index (χ4n) is 3.47. The number of hydrogen-bond donors (Lipinski definition) is 0. The van der Waals surface area contributed by atoms with E-state index >= 15 is 0 Å². The van der Waals surface area contributed by atoms with Gasteiger partial charge in [-0.25, -0.2) is 15.0 Å². The first-order valence-corrected chi connectivity index (χ1v) is 10.5. The van der Waals surface area contributed by atoms with Crippen molar-refractivity contribution < 1.29 is 18.9 Å². The minimum absolute atomic E-state index is 0.478.